The molecule has 0 fully saturated rings. The molecule has 0 radical (unpaired) electrons. The number of aryl methyl sites for hydroxylation is 2. The maximum absolute atomic E-state index is 12.6. The number of anilines is 1. The molecule has 2 aromatic carbocycles. The number of nitrogens with one attached hydrogen (secondary N) is 1. The van der Waals surface area contributed by atoms with Crippen LogP contribution >= 0.6 is 0 Å². The molecule has 4 nitrogen and oxygen atoms in total. The third kappa shape index (κ3) is 4.37. The van der Waals surface area contributed by atoms with Crippen molar-refractivity contribution in [3.8, 4) is 0 Å². The Balaban J connectivity index is 1.82. The highest BCUT2D eigenvalue weighted by molar-refractivity contribution is 7.92. The van der Waals surface area contributed by atoms with Gasteiger partial charge in [-0.1, -0.05) is 30.3 Å². The van der Waals surface area contributed by atoms with Crippen molar-refractivity contribution >= 4 is 27.9 Å². The van der Waals surface area contributed by atoms with E-state index < -0.39 is 10.0 Å². The average Bonchev–Trinajstić information content (AvgIpc) is 2.63. The molecule has 0 saturated carbocycles. The fourth-order valence-corrected chi connectivity index (χ4v) is 3.59. The van der Waals surface area contributed by atoms with E-state index in [4.69, 9.17) is 0 Å². The molecule has 0 amide bonds. The summed E-state index contributed by atoms with van der Waals surface area (Å²) < 4.78 is 27.9. The van der Waals surface area contributed by atoms with Crippen molar-refractivity contribution in [1.82, 2.24) is 4.98 Å². The zero-order chi connectivity index (χ0) is 18.6. The monoisotopic (exact) mass is 364 g/mol. The molecule has 1 aromatic heterocycles. The largest absolute Gasteiger partial charge is 0.280 e. The Morgan fingerprint density at radius 2 is 1.73 bits per heavy atom. The molecule has 0 spiro atoms. The quantitative estimate of drug-likeness (QED) is 0.716. The van der Waals surface area contributed by atoms with Gasteiger partial charge in [-0.3, -0.25) is 9.71 Å². The second-order valence-corrected chi connectivity index (χ2v) is 7.75. The van der Waals surface area contributed by atoms with Crippen molar-refractivity contribution in [1.29, 1.82) is 0 Å². The fourth-order valence-electron chi connectivity index (χ4n) is 2.46. The van der Waals surface area contributed by atoms with Crippen molar-refractivity contribution in [2.75, 3.05) is 4.72 Å². The summed E-state index contributed by atoms with van der Waals surface area (Å²) in [5, 5.41) is 0. The van der Waals surface area contributed by atoms with Crippen LogP contribution in [-0.2, 0) is 10.0 Å². The first kappa shape index (κ1) is 17.9. The molecule has 1 N–H and O–H groups in total. The molecule has 0 aliphatic heterocycles. The van der Waals surface area contributed by atoms with E-state index in [1.807, 2.05) is 62.4 Å². The van der Waals surface area contributed by atoms with Gasteiger partial charge in [0, 0.05) is 11.9 Å². The Labute approximate surface area is 154 Å². The number of hydrogen-bond acceptors (Lipinski definition) is 3. The molecule has 132 valence electrons. The van der Waals surface area contributed by atoms with Gasteiger partial charge in [0.05, 0.1) is 10.6 Å². The number of nitrogens with zero attached hydrogens (tertiary/aromatic N) is 1. The smallest absolute Gasteiger partial charge is 0.261 e. The highest BCUT2D eigenvalue weighted by Gasteiger charge is 2.14. The Morgan fingerprint density at radius 3 is 2.46 bits per heavy atom. The molecule has 0 aliphatic carbocycles. The van der Waals surface area contributed by atoms with Gasteiger partial charge in [-0.15, -0.1) is 0 Å². The summed E-state index contributed by atoms with van der Waals surface area (Å²) in [5.41, 5.74) is 4.25. The van der Waals surface area contributed by atoms with Crippen molar-refractivity contribution < 1.29 is 8.42 Å². The number of aromatic nitrogens is 1. The summed E-state index contributed by atoms with van der Waals surface area (Å²) >= 11 is 0. The van der Waals surface area contributed by atoms with E-state index in [2.05, 4.69) is 9.71 Å². The van der Waals surface area contributed by atoms with Crippen molar-refractivity contribution in [3.63, 3.8) is 0 Å². The zero-order valence-corrected chi connectivity index (χ0v) is 15.5. The lowest BCUT2D eigenvalue weighted by Crippen LogP contribution is -2.13. The first-order chi connectivity index (χ1) is 12.4. The molecule has 0 bridgehead atoms. The van der Waals surface area contributed by atoms with Gasteiger partial charge in [-0.25, -0.2) is 8.42 Å². The van der Waals surface area contributed by atoms with Crippen LogP contribution in [0.25, 0.3) is 12.2 Å². The molecule has 3 rings (SSSR count). The van der Waals surface area contributed by atoms with E-state index >= 15 is 0 Å². The second kappa shape index (κ2) is 7.54. The van der Waals surface area contributed by atoms with Crippen LogP contribution in [0.1, 0.15) is 22.4 Å². The minimum absolute atomic E-state index is 0.259. The van der Waals surface area contributed by atoms with Crippen LogP contribution in [0.4, 0.5) is 5.69 Å². The van der Waals surface area contributed by atoms with E-state index in [9.17, 15) is 8.42 Å². The highest BCUT2D eigenvalue weighted by atomic mass is 32.2. The van der Waals surface area contributed by atoms with Crippen molar-refractivity contribution in [2.24, 2.45) is 0 Å². The van der Waals surface area contributed by atoms with Crippen LogP contribution in [0.3, 0.4) is 0 Å². The van der Waals surface area contributed by atoms with E-state index in [0.29, 0.717) is 5.69 Å². The predicted molar refractivity (Wildman–Crippen MR) is 106 cm³/mol. The van der Waals surface area contributed by atoms with Crippen molar-refractivity contribution in [2.45, 2.75) is 18.7 Å². The lowest BCUT2D eigenvalue weighted by atomic mass is 10.1. The standard InChI is InChI=1S/C21H20N2O2S/c1-16-9-12-21(14-17(16)2)26(24,25)23-20-8-5-6-18(15-20)10-11-19-7-3-4-13-22-19/h3-15,23H,1-2H3. The average molecular weight is 364 g/mol. The van der Waals surface area contributed by atoms with Gasteiger partial charge in [0.1, 0.15) is 0 Å². The third-order valence-electron chi connectivity index (χ3n) is 4.06. The van der Waals surface area contributed by atoms with Gasteiger partial charge >= 0.3 is 0 Å². The van der Waals surface area contributed by atoms with Gasteiger partial charge in [-0.2, -0.15) is 0 Å². The Hall–Kier alpha value is -2.92. The first-order valence-electron chi connectivity index (χ1n) is 8.23. The molecule has 0 saturated heterocycles. The molecule has 0 aliphatic rings. The number of rotatable bonds is 5. The Morgan fingerprint density at radius 1 is 0.885 bits per heavy atom. The van der Waals surface area contributed by atoms with Crippen molar-refractivity contribution in [3.05, 3.63) is 89.2 Å². The normalized spacial score (nSPS) is 11.6. The van der Waals surface area contributed by atoms with Gasteiger partial charge in [0.25, 0.3) is 10.0 Å². The summed E-state index contributed by atoms with van der Waals surface area (Å²) in [4.78, 5) is 4.49. The fraction of sp³-hybridized carbons (Fsp3) is 0.0952. The van der Waals surface area contributed by atoms with Crippen LogP contribution in [0.15, 0.2) is 71.8 Å². The topological polar surface area (TPSA) is 59.1 Å². The van der Waals surface area contributed by atoms with Gasteiger partial charge in [0.2, 0.25) is 0 Å². The van der Waals surface area contributed by atoms with Gasteiger partial charge in [0.15, 0.2) is 0 Å². The SMILES string of the molecule is Cc1ccc(S(=O)(=O)Nc2cccc(C=Cc3ccccn3)c2)cc1C. The van der Waals surface area contributed by atoms with Crippen LogP contribution in [-0.4, -0.2) is 13.4 Å². The Kier molecular flexibility index (Phi) is 5.19. The van der Waals surface area contributed by atoms with E-state index in [1.165, 1.54) is 0 Å². The maximum Gasteiger partial charge on any atom is 0.261 e. The summed E-state index contributed by atoms with van der Waals surface area (Å²) in [7, 11) is -3.62. The summed E-state index contributed by atoms with van der Waals surface area (Å²) in [5.74, 6) is 0. The van der Waals surface area contributed by atoms with Crippen LogP contribution < -0.4 is 4.72 Å². The van der Waals surface area contributed by atoms with Crippen LogP contribution in [0.2, 0.25) is 0 Å². The van der Waals surface area contributed by atoms with Crippen LogP contribution in [0.5, 0.6) is 0 Å². The summed E-state index contributed by atoms with van der Waals surface area (Å²) in [6.07, 6.45) is 5.51. The lowest BCUT2D eigenvalue weighted by molar-refractivity contribution is 0.601. The molecule has 3 aromatic rings. The number of hydrogen-bond donors (Lipinski definition) is 1. The highest BCUT2D eigenvalue weighted by Crippen LogP contribution is 2.20. The molecule has 5 heteroatoms. The minimum atomic E-state index is -3.62. The molecule has 26 heavy (non-hydrogen) atoms. The summed E-state index contributed by atoms with van der Waals surface area (Å²) in [6.45, 7) is 3.86. The van der Waals surface area contributed by atoms with Gasteiger partial charge < -0.3 is 0 Å². The molecular formula is C21H20N2O2S. The van der Waals surface area contributed by atoms with Crippen LogP contribution in [0, 0.1) is 13.8 Å². The molecule has 1 heterocycles. The zero-order valence-electron chi connectivity index (χ0n) is 14.7. The predicted octanol–water partition coefficient (Wildman–Crippen LogP) is 4.67. The lowest BCUT2D eigenvalue weighted by Gasteiger charge is -2.10. The maximum atomic E-state index is 12.6. The van der Waals surface area contributed by atoms with E-state index in [-0.39, 0.29) is 4.90 Å². The third-order valence-corrected chi connectivity index (χ3v) is 5.44. The Bertz CT molecular complexity index is 1040. The number of sulfonamides is 1. The molecule has 0 unspecified atom stereocenters. The summed E-state index contributed by atoms with van der Waals surface area (Å²) in [6, 6.07) is 18.1. The number of benzene rings is 2. The first-order valence-corrected chi connectivity index (χ1v) is 9.72. The molecule has 0 atom stereocenters. The minimum Gasteiger partial charge on any atom is -0.280 e. The molecular weight excluding hydrogens is 344 g/mol. The number of pyridine rings is 1. The van der Waals surface area contributed by atoms with E-state index in [0.717, 1.165) is 22.4 Å². The van der Waals surface area contributed by atoms with E-state index in [1.54, 1.807) is 30.5 Å². The second-order valence-electron chi connectivity index (χ2n) is 6.06. The van der Waals surface area contributed by atoms with Gasteiger partial charge in [-0.05, 0) is 73.0 Å².